The SMILES string of the molecule is CC.CC.CCc1nc2ccccc2n1CC. The number of imidazole rings is 1. The minimum Gasteiger partial charge on any atom is -0.328 e. The van der Waals surface area contributed by atoms with Gasteiger partial charge in [-0.25, -0.2) is 4.98 Å². The summed E-state index contributed by atoms with van der Waals surface area (Å²) < 4.78 is 2.27. The lowest BCUT2D eigenvalue weighted by Crippen LogP contribution is -1.99. The van der Waals surface area contributed by atoms with Crippen LogP contribution in [0.1, 0.15) is 47.4 Å². The zero-order valence-corrected chi connectivity index (χ0v) is 12.1. The zero-order chi connectivity index (χ0) is 13.3. The first-order chi connectivity index (χ1) is 8.36. The quantitative estimate of drug-likeness (QED) is 0.738. The molecule has 2 heteroatoms. The highest BCUT2D eigenvalue weighted by atomic mass is 15.1. The number of aryl methyl sites for hydroxylation is 2. The van der Waals surface area contributed by atoms with Crippen molar-refractivity contribution in [3.63, 3.8) is 0 Å². The molecule has 1 aromatic carbocycles. The largest absolute Gasteiger partial charge is 0.328 e. The van der Waals surface area contributed by atoms with Gasteiger partial charge in [0, 0.05) is 13.0 Å². The molecule has 0 spiro atoms. The Morgan fingerprint density at radius 1 is 1.00 bits per heavy atom. The molecule has 0 saturated carbocycles. The van der Waals surface area contributed by atoms with Gasteiger partial charge in [0.05, 0.1) is 11.0 Å². The Labute approximate surface area is 106 Å². The maximum Gasteiger partial charge on any atom is 0.109 e. The first-order valence-corrected chi connectivity index (χ1v) is 6.81. The van der Waals surface area contributed by atoms with Crippen LogP contribution in [0.5, 0.6) is 0 Å². The fraction of sp³-hybridized carbons (Fsp3) is 0.533. The van der Waals surface area contributed by atoms with Gasteiger partial charge in [-0.2, -0.15) is 0 Å². The Morgan fingerprint density at radius 2 is 1.59 bits per heavy atom. The lowest BCUT2D eigenvalue weighted by Gasteiger charge is -2.02. The summed E-state index contributed by atoms with van der Waals surface area (Å²) in [6, 6.07) is 8.30. The first kappa shape index (κ1) is 15.7. The van der Waals surface area contributed by atoms with Crippen LogP contribution in [-0.2, 0) is 13.0 Å². The van der Waals surface area contributed by atoms with E-state index in [-0.39, 0.29) is 0 Å². The van der Waals surface area contributed by atoms with Crippen molar-refractivity contribution in [1.29, 1.82) is 0 Å². The van der Waals surface area contributed by atoms with Crippen molar-refractivity contribution in [2.24, 2.45) is 0 Å². The van der Waals surface area contributed by atoms with Crippen LogP contribution >= 0.6 is 0 Å². The van der Waals surface area contributed by atoms with Crippen molar-refractivity contribution < 1.29 is 0 Å². The number of benzene rings is 1. The van der Waals surface area contributed by atoms with E-state index in [0.29, 0.717) is 0 Å². The molecule has 0 saturated heterocycles. The summed E-state index contributed by atoms with van der Waals surface area (Å²) in [6.45, 7) is 13.3. The van der Waals surface area contributed by atoms with E-state index in [1.807, 2.05) is 33.8 Å². The molecule has 0 aliphatic heterocycles. The normalized spacial score (nSPS) is 9.06. The summed E-state index contributed by atoms with van der Waals surface area (Å²) in [6.07, 6.45) is 1.00. The monoisotopic (exact) mass is 234 g/mol. The van der Waals surface area contributed by atoms with Crippen molar-refractivity contribution in [3.05, 3.63) is 30.1 Å². The van der Waals surface area contributed by atoms with Gasteiger partial charge in [-0.1, -0.05) is 46.8 Å². The number of aromatic nitrogens is 2. The second-order valence-corrected chi connectivity index (χ2v) is 3.11. The lowest BCUT2D eigenvalue weighted by atomic mass is 10.3. The standard InChI is InChI=1S/C11H14N2.2C2H6/c1-3-11-12-9-7-5-6-8-10(9)13(11)4-2;2*1-2/h5-8H,3-4H2,1-2H3;2*1-2H3. The predicted molar refractivity (Wildman–Crippen MR) is 77.5 cm³/mol. The van der Waals surface area contributed by atoms with Gasteiger partial charge >= 0.3 is 0 Å². The van der Waals surface area contributed by atoms with Gasteiger partial charge in [0.25, 0.3) is 0 Å². The number of fused-ring (bicyclic) bond motifs is 1. The Bertz CT molecular complexity index is 416. The molecule has 0 N–H and O–H groups in total. The molecule has 0 aliphatic rings. The molecular formula is C15H26N2. The van der Waals surface area contributed by atoms with E-state index in [9.17, 15) is 0 Å². The lowest BCUT2D eigenvalue weighted by molar-refractivity contribution is 0.726. The molecule has 96 valence electrons. The molecule has 0 atom stereocenters. The fourth-order valence-corrected chi connectivity index (χ4v) is 1.75. The molecule has 0 amide bonds. The van der Waals surface area contributed by atoms with Crippen LogP contribution < -0.4 is 0 Å². The summed E-state index contributed by atoms with van der Waals surface area (Å²) >= 11 is 0. The molecule has 1 aromatic heterocycles. The Morgan fingerprint density at radius 3 is 2.12 bits per heavy atom. The Balaban J connectivity index is 0.000000581. The molecule has 17 heavy (non-hydrogen) atoms. The zero-order valence-electron chi connectivity index (χ0n) is 12.1. The van der Waals surface area contributed by atoms with Crippen LogP contribution in [-0.4, -0.2) is 9.55 Å². The molecule has 2 rings (SSSR count). The van der Waals surface area contributed by atoms with E-state index < -0.39 is 0 Å². The third kappa shape index (κ3) is 3.58. The maximum absolute atomic E-state index is 4.56. The fourth-order valence-electron chi connectivity index (χ4n) is 1.75. The summed E-state index contributed by atoms with van der Waals surface area (Å²) in [5.74, 6) is 1.18. The molecule has 0 fully saturated rings. The number of para-hydroxylation sites is 2. The van der Waals surface area contributed by atoms with Gasteiger partial charge in [0.2, 0.25) is 0 Å². The van der Waals surface area contributed by atoms with E-state index in [2.05, 4.69) is 41.6 Å². The van der Waals surface area contributed by atoms with Gasteiger partial charge < -0.3 is 4.57 Å². The highest BCUT2D eigenvalue weighted by molar-refractivity contribution is 5.75. The second-order valence-electron chi connectivity index (χ2n) is 3.11. The van der Waals surface area contributed by atoms with Gasteiger partial charge in [-0.15, -0.1) is 0 Å². The van der Waals surface area contributed by atoms with Crippen LogP contribution in [0.25, 0.3) is 11.0 Å². The Hall–Kier alpha value is -1.31. The number of rotatable bonds is 2. The molecule has 2 aromatic rings. The smallest absolute Gasteiger partial charge is 0.109 e. The van der Waals surface area contributed by atoms with Gasteiger partial charge in [0.15, 0.2) is 0 Å². The Kier molecular flexibility index (Phi) is 8.12. The van der Waals surface area contributed by atoms with Gasteiger partial charge in [-0.3, -0.25) is 0 Å². The van der Waals surface area contributed by atoms with E-state index in [1.54, 1.807) is 0 Å². The van der Waals surface area contributed by atoms with Gasteiger partial charge in [0.1, 0.15) is 5.82 Å². The maximum atomic E-state index is 4.56. The average molecular weight is 234 g/mol. The molecule has 0 radical (unpaired) electrons. The minimum absolute atomic E-state index is 1.00. The van der Waals surface area contributed by atoms with Crippen molar-refractivity contribution in [2.45, 2.75) is 54.5 Å². The number of nitrogens with zero attached hydrogens (tertiary/aromatic N) is 2. The second kappa shape index (κ2) is 8.80. The van der Waals surface area contributed by atoms with Crippen LogP contribution in [0, 0.1) is 0 Å². The van der Waals surface area contributed by atoms with Crippen LogP contribution in [0.15, 0.2) is 24.3 Å². The molecule has 1 heterocycles. The van der Waals surface area contributed by atoms with E-state index in [0.717, 1.165) is 18.5 Å². The molecule has 0 unspecified atom stereocenters. The highest BCUT2D eigenvalue weighted by Gasteiger charge is 2.05. The van der Waals surface area contributed by atoms with E-state index in [4.69, 9.17) is 0 Å². The van der Waals surface area contributed by atoms with Crippen LogP contribution in [0.3, 0.4) is 0 Å². The predicted octanol–water partition coefficient (Wildman–Crippen LogP) is 4.67. The van der Waals surface area contributed by atoms with E-state index in [1.165, 1.54) is 11.3 Å². The summed E-state index contributed by atoms with van der Waals surface area (Å²) in [7, 11) is 0. The van der Waals surface area contributed by atoms with Crippen LogP contribution in [0.4, 0.5) is 0 Å². The summed E-state index contributed by atoms with van der Waals surface area (Å²) in [4.78, 5) is 4.56. The molecule has 2 nitrogen and oxygen atoms in total. The third-order valence-corrected chi connectivity index (χ3v) is 2.37. The molecule has 0 aliphatic carbocycles. The molecular weight excluding hydrogens is 208 g/mol. The van der Waals surface area contributed by atoms with Crippen molar-refractivity contribution >= 4 is 11.0 Å². The highest BCUT2D eigenvalue weighted by Crippen LogP contribution is 2.15. The van der Waals surface area contributed by atoms with Gasteiger partial charge in [-0.05, 0) is 19.1 Å². The topological polar surface area (TPSA) is 17.8 Å². The minimum atomic E-state index is 1.00. The summed E-state index contributed by atoms with van der Waals surface area (Å²) in [5.41, 5.74) is 2.36. The van der Waals surface area contributed by atoms with E-state index >= 15 is 0 Å². The van der Waals surface area contributed by atoms with Crippen molar-refractivity contribution in [1.82, 2.24) is 9.55 Å². The first-order valence-electron chi connectivity index (χ1n) is 6.81. The van der Waals surface area contributed by atoms with Crippen molar-refractivity contribution in [3.8, 4) is 0 Å². The third-order valence-electron chi connectivity index (χ3n) is 2.37. The average Bonchev–Trinajstić information content (AvgIpc) is 2.80. The number of hydrogen-bond donors (Lipinski definition) is 0. The summed E-state index contributed by atoms with van der Waals surface area (Å²) in [5, 5.41) is 0. The molecule has 0 bridgehead atoms. The van der Waals surface area contributed by atoms with Crippen LogP contribution in [0.2, 0.25) is 0 Å². The van der Waals surface area contributed by atoms with Crippen molar-refractivity contribution in [2.75, 3.05) is 0 Å². The number of hydrogen-bond acceptors (Lipinski definition) is 1.